The van der Waals surface area contributed by atoms with Gasteiger partial charge in [0.05, 0.1) is 79.2 Å². The highest BCUT2D eigenvalue weighted by Crippen LogP contribution is 2.37. The molecule has 0 amide bonds. The molecule has 2 atom stereocenters. The molecule has 5 fully saturated rings. The molecule has 5 aliphatic heterocycles. The molecule has 86 heavy (non-hydrogen) atoms. The number of anilines is 6. The van der Waals surface area contributed by atoms with E-state index in [1.54, 1.807) is 55.6 Å². The van der Waals surface area contributed by atoms with E-state index in [4.69, 9.17) is 18.8 Å². The first-order valence-electron chi connectivity index (χ1n) is 30.3. The molecule has 6 aliphatic rings. The summed E-state index contributed by atoms with van der Waals surface area (Å²) < 4.78 is 44.7. The van der Waals surface area contributed by atoms with Crippen molar-refractivity contribution in [1.29, 1.82) is 0 Å². The molecule has 11 heterocycles. The molecular formula is C64H78BFN12O8. The van der Waals surface area contributed by atoms with Crippen LogP contribution < -0.4 is 42.6 Å². The van der Waals surface area contributed by atoms with Gasteiger partial charge in [-0.15, -0.1) is 0 Å². The second-order valence-electron chi connectivity index (χ2n) is 24.7. The third kappa shape index (κ3) is 11.4. The second-order valence-corrected chi connectivity index (χ2v) is 24.7. The fraction of sp³-hybridized carbons (Fsp3) is 0.469. The van der Waals surface area contributed by atoms with Gasteiger partial charge in [0.15, 0.2) is 6.29 Å². The first-order chi connectivity index (χ1) is 41.4. The van der Waals surface area contributed by atoms with E-state index in [1.165, 1.54) is 21.3 Å². The van der Waals surface area contributed by atoms with Crippen LogP contribution in [-0.4, -0.2) is 152 Å². The van der Waals surface area contributed by atoms with Crippen molar-refractivity contribution in [2.45, 2.75) is 115 Å². The summed E-state index contributed by atoms with van der Waals surface area (Å²) in [6.07, 6.45) is 17.1. The number of rotatable bonds is 14. The Morgan fingerprint density at radius 3 is 1.77 bits per heavy atom. The zero-order chi connectivity index (χ0) is 60.2. The summed E-state index contributed by atoms with van der Waals surface area (Å²) in [5.41, 5.74) is 5.61. The fourth-order valence-electron chi connectivity index (χ4n) is 12.8. The lowest BCUT2D eigenvalue weighted by Crippen LogP contribution is -2.60. The summed E-state index contributed by atoms with van der Waals surface area (Å²) >= 11 is 0. The molecule has 6 aromatic heterocycles. The summed E-state index contributed by atoms with van der Waals surface area (Å²) in [5.74, 6) is 0.488. The lowest BCUT2D eigenvalue weighted by atomic mass is 9.80. The number of hydrogen-bond acceptors (Lipinski definition) is 16. The van der Waals surface area contributed by atoms with Crippen LogP contribution in [0.15, 0.2) is 106 Å². The van der Waals surface area contributed by atoms with E-state index in [0.29, 0.717) is 58.9 Å². The molecule has 0 radical (unpaired) electrons. The van der Waals surface area contributed by atoms with Gasteiger partial charge in [-0.1, -0.05) is 13.8 Å². The number of carbonyl (C=O) groups excluding carboxylic acids is 1. The van der Waals surface area contributed by atoms with E-state index in [0.717, 1.165) is 132 Å². The number of carbonyl (C=O) groups is 1. The number of nitrogens with zero attached hydrogens (tertiary/aromatic N) is 10. The Labute approximate surface area is 500 Å². The Morgan fingerprint density at radius 1 is 0.686 bits per heavy atom. The fourth-order valence-corrected chi connectivity index (χ4v) is 12.8. The van der Waals surface area contributed by atoms with E-state index in [1.807, 2.05) is 68.8 Å². The molecule has 452 valence electrons. The molecule has 22 heteroatoms. The van der Waals surface area contributed by atoms with Crippen LogP contribution in [0.5, 0.6) is 0 Å². The highest BCUT2D eigenvalue weighted by Gasteiger charge is 2.52. The first-order valence-corrected chi connectivity index (χ1v) is 30.3. The van der Waals surface area contributed by atoms with Crippen LogP contribution in [0.2, 0.25) is 0 Å². The Morgan fingerprint density at radius 2 is 1.24 bits per heavy atom. The highest BCUT2D eigenvalue weighted by molar-refractivity contribution is 6.62. The number of pyridine rings is 4. The lowest BCUT2D eigenvalue weighted by molar-refractivity contribution is -0.0698. The van der Waals surface area contributed by atoms with Crippen molar-refractivity contribution >= 4 is 58.8 Å². The molecule has 0 unspecified atom stereocenters. The molecule has 2 N–H and O–H groups in total. The summed E-state index contributed by atoms with van der Waals surface area (Å²) in [6, 6.07) is 17.5. The molecule has 0 saturated carbocycles. The minimum absolute atomic E-state index is 0.134. The van der Waals surface area contributed by atoms with Gasteiger partial charge >= 0.3 is 7.12 Å². The predicted octanol–water partition coefficient (Wildman–Crippen LogP) is 6.85. The van der Waals surface area contributed by atoms with E-state index in [-0.39, 0.29) is 39.2 Å². The van der Waals surface area contributed by atoms with Crippen molar-refractivity contribution in [2.24, 2.45) is 14.1 Å². The molecule has 1 aliphatic carbocycles. The smallest absolute Gasteiger partial charge is 0.399 e. The first kappa shape index (κ1) is 58.9. The summed E-state index contributed by atoms with van der Waals surface area (Å²) in [4.78, 5) is 71.8. The van der Waals surface area contributed by atoms with Gasteiger partial charge in [-0.3, -0.25) is 33.5 Å². The van der Waals surface area contributed by atoms with Crippen LogP contribution >= 0.6 is 0 Å². The number of hydrogen-bond donors (Lipinski definition) is 2. The monoisotopic (exact) mass is 1170 g/mol. The quantitative estimate of drug-likeness (QED) is 0.0850. The topological polar surface area (TPSA) is 187 Å². The molecule has 5 saturated heterocycles. The highest BCUT2D eigenvalue weighted by atomic mass is 19.1. The summed E-state index contributed by atoms with van der Waals surface area (Å²) in [5, 5.41) is 6.36. The van der Waals surface area contributed by atoms with E-state index in [9.17, 15) is 19.2 Å². The van der Waals surface area contributed by atoms with E-state index < -0.39 is 24.1 Å². The number of piperazine rings is 2. The van der Waals surface area contributed by atoms with Gasteiger partial charge in [0.1, 0.15) is 34.3 Å². The van der Waals surface area contributed by atoms with Crippen molar-refractivity contribution in [3.8, 4) is 16.8 Å². The minimum Gasteiger partial charge on any atom is -0.399 e. The number of fused-ring (bicyclic) bond motifs is 3. The zero-order valence-electron chi connectivity index (χ0n) is 50.6. The van der Waals surface area contributed by atoms with Gasteiger partial charge in [-0.2, -0.15) is 0 Å². The molecule has 1 aromatic carbocycles. The Kier molecular flexibility index (Phi) is 16.4. The molecule has 0 spiro atoms. The third-order valence-electron chi connectivity index (χ3n) is 18.8. The number of aldehydes is 1. The van der Waals surface area contributed by atoms with Crippen molar-refractivity contribution in [1.82, 2.24) is 37.9 Å². The van der Waals surface area contributed by atoms with E-state index in [2.05, 4.69) is 60.1 Å². The van der Waals surface area contributed by atoms with Gasteiger partial charge in [0.2, 0.25) is 0 Å². The SMILES string of the molecule is CC[C@H]1CN(C2COC2)CCN1c1ccc(Nc2cc(-c3cc(F)cc(-n4ccn5c6c(cc5c4=O)CCCC6)c3C=O)cn(C)c2=O)nc1.CC[C@H]1CN(C2COC2)CCN1c1ccc(Nc2cc(B3OC(C)(C)C(C)(C)O3)cn(C)c2=O)nc1. The number of ether oxygens (including phenoxy) is 2. The molecular weight excluding hydrogens is 1090 g/mol. The maximum absolute atomic E-state index is 15.4. The van der Waals surface area contributed by atoms with Crippen LogP contribution in [-0.2, 0) is 45.7 Å². The second kappa shape index (κ2) is 24.0. The Bertz CT molecular complexity index is 3820. The third-order valence-corrected chi connectivity index (χ3v) is 18.8. The van der Waals surface area contributed by atoms with Crippen molar-refractivity contribution in [2.75, 3.05) is 86.1 Å². The molecule has 20 nitrogen and oxygen atoms in total. The standard InChI is InChI=1S/C38H40FN7O4.C26H38BN5O4/c1-3-27-20-43(29-22-50-23-29)10-11-44(27)28-8-9-36(40-18-28)41-32-14-25(19-42(2)37(32)48)30-16-26(39)17-34(31(30)21-47)46-13-12-45-33-7-5-4-6-24(33)15-35(45)38(46)49;1-7-19-15-31(21-16-34-17-21)10-11-32(19)20-8-9-23(28-13-20)29-22-12-18(14-30(6)24(22)33)27-35-25(2,3)26(4,5)36-27/h8-9,12-19,21,27,29H,3-7,10-11,20,22-23H2,1-2H3,(H,40,41);8-9,12-14,19,21H,7,10-11,15-17H2,1-6H3,(H,28,29)/t27-;19-/m00/s1. The van der Waals surface area contributed by atoms with Crippen molar-refractivity contribution < 1.29 is 28.0 Å². The van der Waals surface area contributed by atoms with Crippen molar-refractivity contribution in [3.63, 3.8) is 0 Å². The van der Waals surface area contributed by atoms with Crippen LogP contribution in [0, 0.1) is 5.82 Å². The predicted molar refractivity (Wildman–Crippen MR) is 333 cm³/mol. The van der Waals surface area contributed by atoms with Crippen LogP contribution in [0.25, 0.3) is 22.3 Å². The Hall–Kier alpha value is -7.47. The number of aryl methyl sites for hydroxylation is 4. The zero-order valence-corrected chi connectivity index (χ0v) is 50.6. The average Bonchev–Trinajstić information content (AvgIpc) is 1.93. The average molecular weight is 1170 g/mol. The van der Waals surface area contributed by atoms with Gasteiger partial charge in [0.25, 0.3) is 16.7 Å². The number of nitrogens with one attached hydrogen (secondary N) is 2. The summed E-state index contributed by atoms with van der Waals surface area (Å²) in [6.45, 7) is 21.7. The molecule has 0 bridgehead atoms. The molecule has 7 aromatic rings. The van der Waals surface area contributed by atoms with Gasteiger partial charge < -0.3 is 52.8 Å². The van der Waals surface area contributed by atoms with Gasteiger partial charge in [0, 0.05) is 113 Å². The molecule has 13 rings (SSSR count). The number of aromatic nitrogens is 6. The van der Waals surface area contributed by atoms with Crippen LogP contribution in [0.3, 0.4) is 0 Å². The lowest BCUT2D eigenvalue weighted by Gasteiger charge is -2.47. The van der Waals surface area contributed by atoms with Crippen LogP contribution in [0.4, 0.5) is 38.8 Å². The maximum atomic E-state index is 15.4. The minimum atomic E-state index is -0.616. The number of halogens is 1. The van der Waals surface area contributed by atoms with E-state index >= 15 is 4.39 Å². The van der Waals surface area contributed by atoms with Gasteiger partial charge in [-0.25, -0.2) is 14.4 Å². The largest absolute Gasteiger partial charge is 0.496 e. The van der Waals surface area contributed by atoms with Gasteiger partial charge in [-0.05, 0) is 132 Å². The maximum Gasteiger partial charge on any atom is 0.496 e. The number of benzene rings is 1. The van der Waals surface area contributed by atoms with Crippen LogP contribution in [0.1, 0.15) is 88.8 Å². The Balaban J connectivity index is 0.000000178. The van der Waals surface area contributed by atoms with Crippen molar-refractivity contribution in [3.05, 3.63) is 145 Å². The normalized spacial score (nSPS) is 20.7. The summed E-state index contributed by atoms with van der Waals surface area (Å²) in [7, 11) is 2.79.